The molecule has 2 aromatic carbocycles. The van der Waals surface area contributed by atoms with Gasteiger partial charge in [0.15, 0.2) is 0 Å². The van der Waals surface area contributed by atoms with Gasteiger partial charge in [-0.2, -0.15) is 0 Å². The summed E-state index contributed by atoms with van der Waals surface area (Å²) in [5, 5.41) is 4.19. The molecule has 0 saturated heterocycles. The number of carbonyl (C=O) groups is 2. The van der Waals surface area contributed by atoms with Crippen molar-refractivity contribution in [2.45, 2.75) is 71.0 Å². The summed E-state index contributed by atoms with van der Waals surface area (Å²) < 4.78 is 0. The van der Waals surface area contributed by atoms with Crippen LogP contribution in [0.2, 0.25) is 10.0 Å². The van der Waals surface area contributed by atoms with Gasteiger partial charge in [-0.25, -0.2) is 0 Å². The molecule has 0 heterocycles. The average Bonchev–Trinajstić information content (AvgIpc) is 3.22. The van der Waals surface area contributed by atoms with E-state index in [0.717, 1.165) is 42.4 Å². The van der Waals surface area contributed by atoms with Gasteiger partial charge in [-0.3, -0.25) is 9.59 Å². The van der Waals surface area contributed by atoms with Crippen LogP contribution in [0.25, 0.3) is 0 Å². The van der Waals surface area contributed by atoms with Crippen LogP contribution in [0, 0.1) is 6.92 Å². The van der Waals surface area contributed by atoms with E-state index < -0.39 is 6.04 Å². The highest BCUT2D eigenvalue weighted by Crippen LogP contribution is 2.25. The second-order valence-corrected chi connectivity index (χ2v) is 9.18. The third-order valence-corrected chi connectivity index (χ3v) is 6.47. The van der Waals surface area contributed by atoms with Gasteiger partial charge in [0.05, 0.1) is 6.42 Å². The number of nitrogens with one attached hydrogen (secondary N) is 1. The van der Waals surface area contributed by atoms with Crippen molar-refractivity contribution in [3.8, 4) is 0 Å². The highest BCUT2D eigenvalue weighted by Gasteiger charge is 2.31. The summed E-state index contributed by atoms with van der Waals surface area (Å²) in [7, 11) is 0. The summed E-state index contributed by atoms with van der Waals surface area (Å²) in [6, 6.07) is 12.8. The summed E-state index contributed by atoms with van der Waals surface area (Å²) in [4.78, 5) is 28.2. The van der Waals surface area contributed by atoms with Gasteiger partial charge in [-0.15, -0.1) is 0 Å². The number of halogens is 2. The minimum Gasteiger partial charge on any atom is -0.352 e. The van der Waals surface area contributed by atoms with Crippen LogP contribution in [0.15, 0.2) is 42.5 Å². The Kier molecular flexibility index (Phi) is 8.39. The van der Waals surface area contributed by atoms with Gasteiger partial charge < -0.3 is 10.2 Å². The van der Waals surface area contributed by atoms with E-state index in [2.05, 4.69) is 5.32 Å². The van der Waals surface area contributed by atoms with E-state index in [0.29, 0.717) is 16.5 Å². The van der Waals surface area contributed by atoms with Crippen molar-refractivity contribution < 1.29 is 9.59 Å². The van der Waals surface area contributed by atoms with Crippen molar-refractivity contribution >= 4 is 35.0 Å². The van der Waals surface area contributed by atoms with Gasteiger partial charge in [0, 0.05) is 22.6 Å². The molecule has 166 valence electrons. The summed E-state index contributed by atoms with van der Waals surface area (Å²) in [5.74, 6) is -0.179. The van der Waals surface area contributed by atoms with Gasteiger partial charge in [-0.1, -0.05) is 78.9 Å². The standard InChI is InChI=1S/C25H30Cl2N2O2/c1-3-23(25(31)28-21-9-4-5-10-21)29(16-19-11-12-20(26)15-22(19)27)24(30)14-18-8-6-7-17(2)13-18/h6-8,11-13,15,21,23H,3-5,9-10,14,16H2,1-2H3,(H,28,31). The van der Waals surface area contributed by atoms with Crippen LogP contribution in [-0.4, -0.2) is 28.8 Å². The molecular formula is C25H30Cl2N2O2. The van der Waals surface area contributed by atoms with E-state index in [1.54, 1.807) is 17.0 Å². The molecule has 1 N–H and O–H groups in total. The first-order valence-corrected chi connectivity index (χ1v) is 11.7. The zero-order valence-corrected chi connectivity index (χ0v) is 19.7. The number of hydrogen-bond acceptors (Lipinski definition) is 2. The summed E-state index contributed by atoms with van der Waals surface area (Å²) in [5.41, 5.74) is 2.81. The van der Waals surface area contributed by atoms with E-state index in [9.17, 15) is 9.59 Å². The van der Waals surface area contributed by atoms with Crippen LogP contribution in [0.5, 0.6) is 0 Å². The number of benzene rings is 2. The molecule has 2 amide bonds. The second kappa shape index (κ2) is 11.0. The Hall–Kier alpha value is -2.04. The van der Waals surface area contributed by atoms with Crippen molar-refractivity contribution in [2.24, 2.45) is 0 Å². The largest absolute Gasteiger partial charge is 0.352 e. The number of amides is 2. The predicted octanol–water partition coefficient (Wildman–Crippen LogP) is 5.71. The fourth-order valence-electron chi connectivity index (χ4n) is 4.22. The van der Waals surface area contributed by atoms with Gasteiger partial charge in [0.2, 0.25) is 11.8 Å². The molecule has 6 heteroatoms. The zero-order valence-electron chi connectivity index (χ0n) is 18.2. The Labute approximate surface area is 194 Å². The summed E-state index contributed by atoms with van der Waals surface area (Å²) >= 11 is 12.4. The molecule has 1 atom stereocenters. The lowest BCUT2D eigenvalue weighted by atomic mass is 10.0. The van der Waals surface area contributed by atoms with E-state index in [1.807, 2.05) is 44.2 Å². The minimum atomic E-state index is -0.551. The molecule has 0 spiro atoms. The molecule has 1 unspecified atom stereocenters. The third-order valence-electron chi connectivity index (χ3n) is 5.88. The number of carbonyl (C=O) groups excluding carboxylic acids is 2. The van der Waals surface area contributed by atoms with E-state index in [-0.39, 0.29) is 30.8 Å². The molecule has 0 radical (unpaired) electrons. The Morgan fingerprint density at radius 3 is 2.52 bits per heavy atom. The summed E-state index contributed by atoms with van der Waals surface area (Å²) in [6.07, 6.45) is 5.05. The fourth-order valence-corrected chi connectivity index (χ4v) is 4.69. The first-order valence-electron chi connectivity index (χ1n) is 11.0. The van der Waals surface area contributed by atoms with Crippen LogP contribution in [0.4, 0.5) is 0 Å². The highest BCUT2D eigenvalue weighted by molar-refractivity contribution is 6.35. The van der Waals surface area contributed by atoms with Crippen molar-refractivity contribution in [1.29, 1.82) is 0 Å². The van der Waals surface area contributed by atoms with Gasteiger partial charge in [-0.05, 0) is 49.4 Å². The van der Waals surface area contributed by atoms with E-state index >= 15 is 0 Å². The van der Waals surface area contributed by atoms with Crippen LogP contribution >= 0.6 is 23.2 Å². The maximum Gasteiger partial charge on any atom is 0.243 e. The molecule has 3 rings (SSSR count). The molecule has 0 aromatic heterocycles. The minimum absolute atomic E-state index is 0.0860. The van der Waals surface area contributed by atoms with Crippen molar-refractivity contribution in [3.05, 3.63) is 69.2 Å². The Balaban J connectivity index is 1.85. The van der Waals surface area contributed by atoms with Crippen LogP contribution < -0.4 is 5.32 Å². The number of hydrogen-bond donors (Lipinski definition) is 1. The molecule has 1 saturated carbocycles. The molecule has 2 aromatic rings. The topological polar surface area (TPSA) is 49.4 Å². The molecule has 1 fully saturated rings. The molecule has 31 heavy (non-hydrogen) atoms. The quantitative estimate of drug-likeness (QED) is 0.548. The normalized spacial score (nSPS) is 15.0. The first kappa shape index (κ1) is 23.6. The van der Waals surface area contributed by atoms with Crippen molar-refractivity contribution in [3.63, 3.8) is 0 Å². The predicted molar refractivity (Wildman–Crippen MR) is 126 cm³/mol. The summed E-state index contributed by atoms with van der Waals surface area (Å²) in [6.45, 7) is 4.20. The van der Waals surface area contributed by atoms with Crippen LogP contribution in [-0.2, 0) is 22.6 Å². The fraction of sp³-hybridized carbons (Fsp3) is 0.440. The lowest BCUT2D eigenvalue weighted by Gasteiger charge is -2.32. The average molecular weight is 461 g/mol. The van der Waals surface area contributed by atoms with Crippen molar-refractivity contribution in [1.82, 2.24) is 10.2 Å². The van der Waals surface area contributed by atoms with E-state index in [1.165, 1.54) is 0 Å². The molecule has 0 aliphatic heterocycles. The maximum absolute atomic E-state index is 13.4. The molecule has 1 aliphatic rings. The first-order chi connectivity index (χ1) is 14.9. The number of rotatable bonds is 8. The van der Waals surface area contributed by atoms with Gasteiger partial charge in [0.1, 0.15) is 6.04 Å². The van der Waals surface area contributed by atoms with Crippen LogP contribution in [0.1, 0.15) is 55.7 Å². The van der Waals surface area contributed by atoms with Crippen molar-refractivity contribution in [2.75, 3.05) is 0 Å². The van der Waals surface area contributed by atoms with Gasteiger partial charge in [0.25, 0.3) is 0 Å². The Morgan fingerprint density at radius 1 is 1.13 bits per heavy atom. The third kappa shape index (κ3) is 6.47. The van der Waals surface area contributed by atoms with Gasteiger partial charge >= 0.3 is 0 Å². The smallest absolute Gasteiger partial charge is 0.243 e. The number of aryl methyl sites for hydroxylation is 1. The highest BCUT2D eigenvalue weighted by atomic mass is 35.5. The monoisotopic (exact) mass is 460 g/mol. The Morgan fingerprint density at radius 2 is 1.87 bits per heavy atom. The molecule has 4 nitrogen and oxygen atoms in total. The number of nitrogens with zero attached hydrogens (tertiary/aromatic N) is 1. The second-order valence-electron chi connectivity index (χ2n) is 8.34. The van der Waals surface area contributed by atoms with Crippen LogP contribution in [0.3, 0.4) is 0 Å². The molecular weight excluding hydrogens is 431 g/mol. The molecule has 1 aliphatic carbocycles. The lowest BCUT2D eigenvalue weighted by molar-refractivity contribution is -0.141. The Bertz CT molecular complexity index is 925. The SMILES string of the molecule is CCC(C(=O)NC1CCCC1)N(Cc1ccc(Cl)cc1Cl)C(=O)Cc1cccc(C)c1. The maximum atomic E-state index is 13.4. The lowest BCUT2D eigenvalue weighted by Crippen LogP contribution is -2.51. The zero-order chi connectivity index (χ0) is 22.4. The van der Waals surface area contributed by atoms with E-state index in [4.69, 9.17) is 23.2 Å². The molecule has 0 bridgehead atoms.